The number of thiazole rings is 1. The van der Waals surface area contributed by atoms with Gasteiger partial charge in [-0.25, -0.2) is 4.98 Å². The van der Waals surface area contributed by atoms with Crippen LogP contribution >= 0.6 is 11.3 Å². The summed E-state index contributed by atoms with van der Waals surface area (Å²) in [4.78, 5) is 16.6. The van der Waals surface area contributed by atoms with Crippen LogP contribution in [-0.4, -0.2) is 48.0 Å². The van der Waals surface area contributed by atoms with Gasteiger partial charge in [0.2, 0.25) is 5.78 Å². The maximum atomic E-state index is 12.1. The van der Waals surface area contributed by atoms with Crippen LogP contribution in [0.1, 0.15) is 4.88 Å². The van der Waals surface area contributed by atoms with Gasteiger partial charge in [0.1, 0.15) is 17.3 Å². The molecule has 1 aromatic heterocycles. The second-order valence-electron chi connectivity index (χ2n) is 4.93. The van der Waals surface area contributed by atoms with Crippen LogP contribution in [0.4, 0.5) is 0 Å². The van der Waals surface area contributed by atoms with Crippen molar-refractivity contribution in [3.05, 3.63) is 53.2 Å². The van der Waals surface area contributed by atoms with Gasteiger partial charge in [0.15, 0.2) is 0 Å². The van der Waals surface area contributed by atoms with Crippen molar-refractivity contribution in [1.29, 1.82) is 0 Å². The van der Waals surface area contributed by atoms with E-state index in [1.165, 1.54) is 30.7 Å². The number of aliphatic hydroxyl groups excluding tert-OH is 1. The monoisotopic (exact) mass is 363 g/mol. The molecule has 0 aliphatic carbocycles. The molecule has 1 N–H and O–H groups in total. The van der Waals surface area contributed by atoms with Crippen molar-refractivity contribution in [1.82, 2.24) is 9.29 Å². The van der Waals surface area contributed by atoms with E-state index in [1.54, 1.807) is 0 Å². The average Bonchev–Trinajstić information content (AvgIpc) is 3.07. The number of carbonyl (C=O) groups excluding carboxylic acids is 1. The minimum atomic E-state index is -4.02. The van der Waals surface area contributed by atoms with Gasteiger partial charge in [0.25, 0.3) is 0 Å². The number of benzene rings is 1. The Morgan fingerprint density at radius 3 is 2.67 bits per heavy atom. The molecular weight excluding hydrogens is 350 g/mol. The van der Waals surface area contributed by atoms with Gasteiger partial charge >= 0.3 is 10.2 Å². The van der Waals surface area contributed by atoms with Crippen molar-refractivity contribution in [2.24, 2.45) is 4.40 Å². The lowest BCUT2D eigenvalue weighted by atomic mass is 10.2. The summed E-state index contributed by atoms with van der Waals surface area (Å²) < 4.78 is 28.7. The minimum Gasteiger partial charge on any atom is -0.388 e. The molecule has 0 amide bonds. The van der Waals surface area contributed by atoms with E-state index in [4.69, 9.17) is 5.11 Å². The minimum absolute atomic E-state index is 0.128. The summed E-state index contributed by atoms with van der Waals surface area (Å²) in [7, 11) is -2.80. The summed E-state index contributed by atoms with van der Waals surface area (Å²) in [6.07, 6.45) is 2.87. The molecule has 1 aliphatic heterocycles. The summed E-state index contributed by atoms with van der Waals surface area (Å²) in [6.45, 7) is -0.781. The zero-order valence-corrected chi connectivity index (χ0v) is 14.2. The average molecular weight is 363 g/mol. The zero-order chi connectivity index (χ0) is 17.3. The lowest BCUT2D eigenvalue weighted by Gasteiger charge is -2.22. The molecule has 24 heavy (non-hydrogen) atoms. The van der Waals surface area contributed by atoms with Crippen LogP contribution in [0.2, 0.25) is 0 Å². The molecule has 0 unspecified atom stereocenters. The van der Waals surface area contributed by atoms with Crippen LogP contribution in [0.25, 0.3) is 10.6 Å². The topological polar surface area (TPSA) is 99.9 Å². The van der Waals surface area contributed by atoms with E-state index >= 15 is 0 Å². The number of allylic oxidation sites excluding steroid dienone is 1. The number of aromatic nitrogens is 1. The highest BCUT2D eigenvalue weighted by atomic mass is 32.2. The standard InChI is InChI=1S/C15H13N3O4S2/c1-18-12(13(20)9-19)7-11(17-24(18,21)22)14-8-16-15(23-14)10-5-3-2-4-6-10/h2-8,19H,9H2,1H3. The number of aliphatic hydroxyl groups is 1. The summed E-state index contributed by atoms with van der Waals surface area (Å²) in [5.41, 5.74) is 0.905. The third-order valence-electron chi connectivity index (χ3n) is 3.38. The second-order valence-corrected chi connectivity index (χ2v) is 7.58. The van der Waals surface area contributed by atoms with Crippen LogP contribution in [0, 0.1) is 0 Å². The van der Waals surface area contributed by atoms with Crippen molar-refractivity contribution in [3.63, 3.8) is 0 Å². The number of hydrogen-bond acceptors (Lipinski definition) is 6. The highest BCUT2D eigenvalue weighted by Crippen LogP contribution is 2.28. The first kappa shape index (κ1) is 16.5. The van der Waals surface area contributed by atoms with E-state index in [1.807, 2.05) is 30.3 Å². The lowest BCUT2D eigenvalue weighted by molar-refractivity contribution is -0.119. The zero-order valence-electron chi connectivity index (χ0n) is 12.6. The van der Waals surface area contributed by atoms with Crippen molar-refractivity contribution in [2.75, 3.05) is 13.7 Å². The number of rotatable bonds is 4. The summed E-state index contributed by atoms with van der Waals surface area (Å²) in [5, 5.41) is 9.74. The highest BCUT2D eigenvalue weighted by Gasteiger charge is 2.30. The quantitative estimate of drug-likeness (QED) is 0.881. The number of ketones is 1. The maximum absolute atomic E-state index is 12.1. The van der Waals surface area contributed by atoms with E-state index in [-0.39, 0.29) is 11.4 Å². The fourth-order valence-electron chi connectivity index (χ4n) is 2.12. The summed E-state index contributed by atoms with van der Waals surface area (Å²) >= 11 is 1.27. The number of Topliss-reactive ketones (excluding diaryl/α,β-unsaturated/α-hetero) is 1. The molecule has 0 spiro atoms. The molecule has 2 aromatic rings. The predicted molar refractivity (Wildman–Crippen MR) is 90.9 cm³/mol. The van der Waals surface area contributed by atoms with Crippen LogP contribution in [0.5, 0.6) is 0 Å². The Morgan fingerprint density at radius 2 is 2.00 bits per heavy atom. The Bertz CT molecular complexity index is 946. The van der Waals surface area contributed by atoms with Gasteiger partial charge in [-0.2, -0.15) is 8.42 Å². The van der Waals surface area contributed by atoms with Crippen molar-refractivity contribution < 1.29 is 18.3 Å². The molecule has 0 saturated heterocycles. The van der Waals surface area contributed by atoms with Gasteiger partial charge in [0, 0.05) is 18.8 Å². The van der Waals surface area contributed by atoms with Crippen LogP contribution < -0.4 is 0 Å². The van der Waals surface area contributed by atoms with Crippen molar-refractivity contribution in [3.8, 4) is 10.6 Å². The smallest absolute Gasteiger partial charge is 0.345 e. The molecule has 0 saturated carbocycles. The Morgan fingerprint density at radius 1 is 1.29 bits per heavy atom. The molecule has 9 heteroatoms. The van der Waals surface area contributed by atoms with E-state index in [0.29, 0.717) is 9.88 Å². The van der Waals surface area contributed by atoms with E-state index in [9.17, 15) is 13.2 Å². The number of carbonyl (C=O) groups is 1. The molecule has 3 rings (SSSR count). The molecule has 0 radical (unpaired) electrons. The number of likely N-dealkylation sites (N-methyl/N-ethyl adjacent to an activating group) is 1. The normalized spacial score (nSPS) is 16.5. The Labute approximate surface area is 142 Å². The molecule has 124 valence electrons. The fraction of sp³-hybridized carbons (Fsp3) is 0.133. The van der Waals surface area contributed by atoms with Gasteiger partial charge in [0.05, 0.1) is 10.6 Å². The van der Waals surface area contributed by atoms with Gasteiger partial charge in [-0.3, -0.25) is 9.10 Å². The molecule has 0 fully saturated rings. The van der Waals surface area contributed by atoms with E-state index < -0.39 is 22.6 Å². The second kappa shape index (κ2) is 6.27. The molecular formula is C15H13N3O4S2. The van der Waals surface area contributed by atoms with Gasteiger partial charge in [-0.1, -0.05) is 30.3 Å². The Hall–Kier alpha value is -2.36. The third-order valence-corrected chi connectivity index (χ3v) is 5.77. The number of hydrogen-bond donors (Lipinski definition) is 1. The van der Waals surface area contributed by atoms with Crippen molar-refractivity contribution in [2.45, 2.75) is 0 Å². The first-order valence-electron chi connectivity index (χ1n) is 6.88. The van der Waals surface area contributed by atoms with Gasteiger partial charge in [-0.15, -0.1) is 15.7 Å². The molecule has 1 aliphatic rings. The van der Waals surface area contributed by atoms with E-state index in [0.717, 1.165) is 9.87 Å². The lowest BCUT2D eigenvalue weighted by Crippen LogP contribution is -2.34. The fourth-order valence-corrected chi connectivity index (χ4v) is 3.98. The number of nitrogens with zero attached hydrogens (tertiary/aromatic N) is 3. The first-order chi connectivity index (χ1) is 11.4. The van der Waals surface area contributed by atoms with Gasteiger partial charge < -0.3 is 5.11 Å². The van der Waals surface area contributed by atoms with E-state index in [2.05, 4.69) is 9.38 Å². The SMILES string of the molecule is CN1C(C(=O)CO)=CC(c2cnc(-c3ccccc3)s2)=NS1(=O)=O. The van der Waals surface area contributed by atoms with Crippen LogP contribution in [0.15, 0.2) is 52.7 Å². The third kappa shape index (κ3) is 3.01. The maximum Gasteiger partial charge on any atom is 0.345 e. The molecule has 0 atom stereocenters. The van der Waals surface area contributed by atoms with Crippen LogP contribution in [-0.2, 0) is 15.0 Å². The molecule has 2 heterocycles. The van der Waals surface area contributed by atoms with Crippen LogP contribution in [0.3, 0.4) is 0 Å². The Balaban J connectivity index is 2.04. The highest BCUT2D eigenvalue weighted by molar-refractivity contribution is 7.88. The Kier molecular flexibility index (Phi) is 4.31. The summed E-state index contributed by atoms with van der Waals surface area (Å²) in [5.74, 6) is -0.693. The van der Waals surface area contributed by atoms with Crippen molar-refractivity contribution >= 4 is 33.0 Å². The van der Waals surface area contributed by atoms with Gasteiger partial charge in [-0.05, 0) is 6.08 Å². The largest absolute Gasteiger partial charge is 0.388 e. The summed E-state index contributed by atoms with van der Waals surface area (Å²) in [6, 6.07) is 9.44. The molecule has 0 bridgehead atoms. The molecule has 1 aromatic carbocycles. The first-order valence-corrected chi connectivity index (χ1v) is 9.10. The molecule has 7 nitrogen and oxygen atoms in total. The predicted octanol–water partition coefficient (Wildman–Crippen LogP) is 1.23.